The quantitative estimate of drug-likeness (QED) is 0.868. The Kier molecular flexibility index (Phi) is 3.70. The SMILES string of the molecule is C=C(C)Cc1cccc(S(N)(=O)=O)c1Br. The van der Waals surface area contributed by atoms with Gasteiger partial charge in [0.15, 0.2) is 0 Å². The molecule has 0 aliphatic rings. The number of benzene rings is 1. The first-order chi connectivity index (χ1) is 6.82. The van der Waals surface area contributed by atoms with E-state index in [0.717, 1.165) is 11.1 Å². The number of hydrogen-bond donors (Lipinski definition) is 1. The first kappa shape index (κ1) is 12.4. The second-order valence-corrected chi connectivity index (χ2v) is 5.73. The lowest BCUT2D eigenvalue weighted by Gasteiger charge is -2.07. The van der Waals surface area contributed by atoms with Crippen LogP contribution in [-0.2, 0) is 16.4 Å². The molecule has 0 saturated heterocycles. The number of hydrogen-bond acceptors (Lipinski definition) is 2. The minimum absolute atomic E-state index is 0.112. The van der Waals surface area contributed by atoms with Gasteiger partial charge in [0, 0.05) is 4.47 Å². The third kappa shape index (κ3) is 3.15. The molecule has 0 amide bonds. The number of nitrogens with two attached hydrogens (primary N) is 1. The molecule has 0 saturated carbocycles. The summed E-state index contributed by atoms with van der Waals surface area (Å²) >= 11 is 3.25. The molecule has 2 N–H and O–H groups in total. The van der Waals surface area contributed by atoms with Crippen LogP contribution < -0.4 is 5.14 Å². The Bertz CT molecular complexity index is 494. The monoisotopic (exact) mass is 289 g/mol. The zero-order valence-electron chi connectivity index (χ0n) is 8.33. The lowest BCUT2D eigenvalue weighted by molar-refractivity contribution is 0.597. The highest BCUT2D eigenvalue weighted by molar-refractivity contribution is 9.10. The number of halogens is 1. The summed E-state index contributed by atoms with van der Waals surface area (Å²) in [6.45, 7) is 5.67. The van der Waals surface area contributed by atoms with Crippen LogP contribution in [0.25, 0.3) is 0 Å². The van der Waals surface area contributed by atoms with Gasteiger partial charge in [0.1, 0.15) is 0 Å². The minimum atomic E-state index is -3.67. The fourth-order valence-electron chi connectivity index (χ4n) is 1.24. The molecule has 0 heterocycles. The van der Waals surface area contributed by atoms with E-state index in [1.165, 1.54) is 6.07 Å². The highest BCUT2D eigenvalue weighted by Gasteiger charge is 2.14. The van der Waals surface area contributed by atoms with Crippen molar-refractivity contribution in [3.63, 3.8) is 0 Å². The molecule has 0 radical (unpaired) electrons. The van der Waals surface area contributed by atoms with Gasteiger partial charge in [-0.25, -0.2) is 13.6 Å². The molecule has 5 heteroatoms. The van der Waals surface area contributed by atoms with E-state index >= 15 is 0 Å². The van der Waals surface area contributed by atoms with Crippen LogP contribution in [0.4, 0.5) is 0 Å². The summed E-state index contributed by atoms with van der Waals surface area (Å²) in [5.41, 5.74) is 1.83. The average Bonchev–Trinajstić information content (AvgIpc) is 2.05. The van der Waals surface area contributed by atoms with Crippen molar-refractivity contribution in [2.45, 2.75) is 18.2 Å². The Morgan fingerprint density at radius 3 is 2.60 bits per heavy atom. The fourth-order valence-corrected chi connectivity index (χ4v) is 2.97. The van der Waals surface area contributed by atoms with Gasteiger partial charge in [-0.3, -0.25) is 0 Å². The zero-order chi connectivity index (χ0) is 11.6. The predicted molar refractivity (Wildman–Crippen MR) is 64.0 cm³/mol. The third-order valence-electron chi connectivity index (χ3n) is 1.84. The Morgan fingerprint density at radius 2 is 2.13 bits per heavy atom. The van der Waals surface area contributed by atoms with Crippen LogP contribution in [0.5, 0.6) is 0 Å². The maximum atomic E-state index is 11.2. The molecule has 0 aromatic heterocycles. The molecular weight excluding hydrogens is 278 g/mol. The summed E-state index contributed by atoms with van der Waals surface area (Å²) in [5, 5.41) is 5.08. The maximum Gasteiger partial charge on any atom is 0.239 e. The van der Waals surface area contributed by atoms with Crippen molar-refractivity contribution < 1.29 is 8.42 Å². The van der Waals surface area contributed by atoms with Crippen LogP contribution in [0.15, 0.2) is 39.7 Å². The molecule has 0 atom stereocenters. The molecule has 1 aromatic carbocycles. The predicted octanol–water partition coefficient (Wildman–Crippen LogP) is 2.22. The number of rotatable bonds is 3. The van der Waals surface area contributed by atoms with E-state index in [1.54, 1.807) is 6.07 Å². The van der Waals surface area contributed by atoms with Gasteiger partial charge in [-0.2, -0.15) is 0 Å². The third-order valence-corrected chi connectivity index (χ3v) is 3.99. The second-order valence-electron chi connectivity index (χ2n) is 3.41. The van der Waals surface area contributed by atoms with Gasteiger partial charge in [0.2, 0.25) is 10.0 Å². The molecule has 15 heavy (non-hydrogen) atoms. The lowest BCUT2D eigenvalue weighted by atomic mass is 10.1. The highest BCUT2D eigenvalue weighted by Crippen LogP contribution is 2.26. The number of allylic oxidation sites excluding steroid dienone is 1. The van der Waals surface area contributed by atoms with E-state index in [9.17, 15) is 8.42 Å². The standard InChI is InChI=1S/C10H12BrNO2S/c1-7(2)6-8-4-3-5-9(10(8)11)15(12,13)14/h3-5H,1,6H2,2H3,(H2,12,13,14). The second kappa shape index (κ2) is 4.47. The van der Waals surface area contributed by atoms with Crippen molar-refractivity contribution in [3.8, 4) is 0 Å². The summed E-state index contributed by atoms with van der Waals surface area (Å²) < 4.78 is 23.0. The summed E-state index contributed by atoms with van der Waals surface area (Å²) in [5.74, 6) is 0. The molecule has 0 spiro atoms. The summed E-state index contributed by atoms with van der Waals surface area (Å²) in [6.07, 6.45) is 0.629. The van der Waals surface area contributed by atoms with E-state index in [-0.39, 0.29) is 4.90 Å². The van der Waals surface area contributed by atoms with Gasteiger partial charge in [0.05, 0.1) is 4.90 Å². The molecule has 0 aliphatic carbocycles. The van der Waals surface area contributed by atoms with E-state index in [0.29, 0.717) is 10.9 Å². The topological polar surface area (TPSA) is 60.2 Å². The number of sulfonamides is 1. The maximum absolute atomic E-state index is 11.2. The molecule has 1 rings (SSSR count). The summed E-state index contributed by atoms with van der Waals surface area (Å²) in [7, 11) is -3.67. The fraction of sp³-hybridized carbons (Fsp3) is 0.200. The molecule has 0 bridgehead atoms. The minimum Gasteiger partial charge on any atom is -0.225 e. The highest BCUT2D eigenvalue weighted by atomic mass is 79.9. The van der Waals surface area contributed by atoms with Crippen LogP contribution in [0.3, 0.4) is 0 Å². The van der Waals surface area contributed by atoms with Gasteiger partial charge in [-0.1, -0.05) is 24.3 Å². The van der Waals surface area contributed by atoms with Gasteiger partial charge in [0.25, 0.3) is 0 Å². The van der Waals surface area contributed by atoms with Crippen molar-refractivity contribution in [2.24, 2.45) is 5.14 Å². The van der Waals surface area contributed by atoms with Crippen molar-refractivity contribution in [3.05, 3.63) is 40.4 Å². The van der Waals surface area contributed by atoms with Crippen LogP contribution >= 0.6 is 15.9 Å². The molecule has 0 fully saturated rings. The molecule has 82 valence electrons. The van der Waals surface area contributed by atoms with Crippen LogP contribution in [-0.4, -0.2) is 8.42 Å². The summed E-state index contributed by atoms with van der Waals surface area (Å²) in [6, 6.07) is 4.98. The summed E-state index contributed by atoms with van der Waals surface area (Å²) in [4.78, 5) is 0.112. The van der Waals surface area contributed by atoms with Crippen LogP contribution in [0.2, 0.25) is 0 Å². The van der Waals surface area contributed by atoms with E-state index in [1.807, 2.05) is 13.0 Å². The molecule has 0 unspecified atom stereocenters. The first-order valence-electron chi connectivity index (χ1n) is 4.27. The van der Waals surface area contributed by atoms with E-state index in [4.69, 9.17) is 5.14 Å². The van der Waals surface area contributed by atoms with Crippen LogP contribution in [0.1, 0.15) is 12.5 Å². The molecule has 0 aliphatic heterocycles. The smallest absolute Gasteiger partial charge is 0.225 e. The van der Waals surface area contributed by atoms with E-state index in [2.05, 4.69) is 22.5 Å². The van der Waals surface area contributed by atoms with Crippen molar-refractivity contribution in [1.29, 1.82) is 0 Å². The van der Waals surface area contributed by atoms with Gasteiger partial charge in [-0.15, -0.1) is 0 Å². The first-order valence-corrected chi connectivity index (χ1v) is 6.61. The van der Waals surface area contributed by atoms with Gasteiger partial charge < -0.3 is 0 Å². The Morgan fingerprint density at radius 1 is 1.53 bits per heavy atom. The molecule has 1 aromatic rings. The van der Waals surface area contributed by atoms with E-state index < -0.39 is 10.0 Å². The Hall–Kier alpha value is -0.650. The number of primary sulfonamides is 1. The largest absolute Gasteiger partial charge is 0.239 e. The van der Waals surface area contributed by atoms with Gasteiger partial charge in [-0.05, 0) is 40.9 Å². The normalized spacial score (nSPS) is 11.4. The zero-order valence-corrected chi connectivity index (χ0v) is 10.7. The van der Waals surface area contributed by atoms with Crippen molar-refractivity contribution in [1.82, 2.24) is 0 Å². The molecule has 3 nitrogen and oxygen atoms in total. The molecular formula is C10H12BrNO2S. The van der Waals surface area contributed by atoms with Crippen molar-refractivity contribution >= 4 is 26.0 Å². The Balaban J connectivity index is 3.30. The van der Waals surface area contributed by atoms with Gasteiger partial charge >= 0.3 is 0 Å². The average molecular weight is 290 g/mol. The lowest BCUT2D eigenvalue weighted by Crippen LogP contribution is -2.13. The van der Waals surface area contributed by atoms with Crippen molar-refractivity contribution in [2.75, 3.05) is 0 Å². The van der Waals surface area contributed by atoms with Crippen LogP contribution in [0, 0.1) is 0 Å². The Labute approximate surface area is 98.2 Å².